The Kier molecular flexibility index (Phi) is 2.17. The van der Waals surface area contributed by atoms with Crippen LogP contribution in [0, 0.1) is 15.0 Å². The van der Waals surface area contributed by atoms with Crippen molar-refractivity contribution in [2.45, 2.75) is 0 Å². The molecule has 0 amide bonds. The van der Waals surface area contributed by atoms with Gasteiger partial charge in [-0.25, -0.2) is 0 Å². The molecule has 0 saturated carbocycles. The Bertz CT molecular complexity index is 346. The lowest BCUT2D eigenvalue weighted by Crippen LogP contribution is -2.12. The molecule has 9 nitrogen and oxygen atoms in total. The normalized spacial score (nSPS) is 9.69. The predicted octanol–water partition coefficient (Wildman–Crippen LogP) is -0.159. The third-order valence-electron chi connectivity index (χ3n) is 1.30. The van der Waals surface area contributed by atoms with Crippen LogP contribution in [0.25, 0.3) is 0 Å². The largest absolute Gasteiger partial charge is 0.493 e. The molecule has 0 N–H and O–H groups in total. The fourth-order valence-electron chi connectivity index (χ4n) is 0.759. The third-order valence-corrected chi connectivity index (χ3v) is 1.30. The second-order valence-corrected chi connectivity index (χ2v) is 2.20. The smallest absolute Gasteiger partial charge is 0.390 e. The van der Waals surface area contributed by atoms with Crippen LogP contribution in [0.2, 0.25) is 0 Å². The van der Waals surface area contributed by atoms with Crippen molar-refractivity contribution in [3.63, 3.8) is 0 Å². The lowest BCUT2D eigenvalue weighted by molar-refractivity contribution is -0.394. The third kappa shape index (κ3) is 1.58. The van der Waals surface area contributed by atoms with E-state index in [-0.39, 0.29) is 5.95 Å². The Morgan fingerprint density at radius 2 is 2.31 bits per heavy atom. The van der Waals surface area contributed by atoms with Crippen LogP contribution < -0.4 is 5.01 Å². The van der Waals surface area contributed by atoms with Crippen molar-refractivity contribution in [2.75, 3.05) is 12.1 Å². The lowest BCUT2D eigenvalue weighted by atomic mass is 10.9. The van der Waals surface area contributed by atoms with Crippen molar-refractivity contribution in [2.24, 2.45) is 12.3 Å². The number of aromatic nitrogens is 3. The number of aryl methyl sites for hydroxylation is 1. The molecule has 0 aliphatic carbocycles. The summed E-state index contributed by atoms with van der Waals surface area (Å²) in [6.07, 6.45) is 0. The van der Waals surface area contributed by atoms with Crippen LogP contribution in [-0.4, -0.2) is 26.7 Å². The SMILES string of the molecule is CN(N=O)c1nc([N+](=O)[O-])nn1C. The molecule has 0 aliphatic rings. The van der Waals surface area contributed by atoms with Gasteiger partial charge in [0.05, 0.1) is 5.29 Å². The predicted molar refractivity (Wildman–Crippen MR) is 41.9 cm³/mol. The highest BCUT2D eigenvalue weighted by Crippen LogP contribution is 2.12. The summed E-state index contributed by atoms with van der Waals surface area (Å²) in [5, 5.41) is 17.0. The molecule has 70 valence electrons. The molecule has 0 fully saturated rings. The molecule has 0 atom stereocenters. The molecule has 1 rings (SSSR count). The van der Waals surface area contributed by atoms with Gasteiger partial charge in [0.1, 0.15) is 0 Å². The van der Waals surface area contributed by atoms with E-state index in [1.54, 1.807) is 0 Å². The Morgan fingerprint density at radius 3 is 2.69 bits per heavy atom. The summed E-state index contributed by atoms with van der Waals surface area (Å²) in [7, 11) is 2.75. The van der Waals surface area contributed by atoms with Gasteiger partial charge in [-0.3, -0.25) is 0 Å². The maximum atomic E-state index is 10.2. The van der Waals surface area contributed by atoms with Crippen molar-refractivity contribution in [1.29, 1.82) is 0 Å². The van der Waals surface area contributed by atoms with E-state index in [4.69, 9.17) is 0 Å². The molecule has 0 radical (unpaired) electrons. The van der Waals surface area contributed by atoms with E-state index in [0.717, 1.165) is 9.69 Å². The van der Waals surface area contributed by atoms with Crippen LogP contribution >= 0.6 is 0 Å². The first-order chi connectivity index (χ1) is 6.06. The van der Waals surface area contributed by atoms with Gasteiger partial charge in [-0.05, 0) is 9.91 Å². The molecular weight excluding hydrogens is 180 g/mol. The fraction of sp³-hybridized carbons (Fsp3) is 0.500. The van der Waals surface area contributed by atoms with Gasteiger partial charge in [0.2, 0.25) is 0 Å². The highest BCUT2D eigenvalue weighted by Gasteiger charge is 2.22. The first-order valence-electron chi connectivity index (χ1n) is 3.18. The maximum absolute atomic E-state index is 10.2. The van der Waals surface area contributed by atoms with Gasteiger partial charge in [0.15, 0.2) is 0 Å². The van der Waals surface area contributed by atoms with Crippen molar-refractivity contribution < 1.29 is 4.92 Å². The molecule has 0 unspecified atom stereocenters. The number of rotatable bonds is 3. The van der Waals surface area contributed by atoms with Gasteiger partial charge < -0.3 is 10.1 Å². The molecule has 0 aromatic carbocycles. The first-order valence-corrected chi connectivity index (χ1v) is 3.18. The quantitative estimate of drug-likeness (QED) is 0.368. The van der Waals surface area contributed by atoms with Gasteiger partial charge in [-0.1, -0.05) is 0 Å². The van der Waals surface area contributed by atoms with Gasteiger partial charge in [0, 0.05) is 19.2 Å². The summed E-state index contributed by atoms with van der Waals surface area (Å²) in [4.78, 5) is 23.0. The van der Waals surface area contributed by atoms with E-state index in [9.17, 15) is 15.0 Å². The summed E-state index contributed by atoms with van der Waals surface area (Å²) >= 11 is 0. The molecular formula is C4H6N6O3. The van der Waals surface area contributed by atoms with Crippen molar-refractivity contribution >= 4 is 11.9 Å². The number of nitro groups is 1. The second kappa shape index (κ2) is 3.13. The second-order valence-electron chi connectivity index (χ2n) is 2.20. The van der Waals surface area contributed by atoms with Gasteiger partial charge in [-0.15, -0.1) is 4.91 Å². The van der Waals surface area contributed by atoms with E-state index in [1.165, 1.54) is 14.1 Å². The number of nitrogens with zero attached hydrogens (tertiary/aromatic N) is 6. The standard InChI is InChI=1S/C4H6N6O3/c1-8-4(9(2)7-11)5-3(6-8)10(12)13/h1-2H3. The molecule has 1 aromatic heterocycles. The van der Waals surface area contributed by atoms with Crippen LogP contribution in [-0.2, 0) is 7.05 Å². The number of nitroso groups, excluding NO2 is 1. The minimum atomic E-state index is -0.748. The summed E-state index contributed by atoms with van der Waals surface area (Å²) in [5.41, 5.74) is 0. The minimum Gasteiger partial charge on any atom is -0.390 e. The Balaban J connectivity index is 3.09. The number of anilines is 1. The molecule has 0 aliphatic heterocycles. The van der Waals surface area contributed by atoms with E-state index in [2.05, 4.69) is 15.4 Å². The lowest BCUT2D eigenvalue weighted by Gasteiger charge is -1.99. The zero-order chi connectivity index (χ0) is 10.0. The van der Waals surface area contributed by atoms with Crippen molar-refractivity contribution in [3.05, 3.63) is 15.0 Å². The molecule has 13 heavy (non-hydrogen) atoms. The van der Waals surface area contributed by atoms with Gasteiger partial charge >= 0.3 is 11.9 Å². The average molecular weight is 186 g/mol. The van der Waals surface area contributed by atoms with Crippen LogP contribution in [0.5, 0.6) is 0 Å². The monoisotopic (exact) mass is 186 g/mol. The maximum Gasteiger partial charge on any atom is 0.493 e. The molecule has 0 spiro atoms. The van der Waals surface area contributed by atoms with Crippen LogP contribution in [0.3, 0.4) is 0 Å². The van der Waals surface area contributed by atoms with E-state index >= 15 is 0 Å². The number of hydrogen-bond acceptors (Lipinski definition) is 6. The van der Waals surface area contributed by atoms with E-state index < -0.39 is 10.9 Å². The van der Waals surface area contributed by atoms with Crippen molar-refractivity contribution in [1.82, 2.24) is 14.8 Å². The molecule has 0 bridgehead atoms. The molecule has 1 aromatic rings. The van der Waals surface area contributed by atoms with E-state index in [0.29, 0.717) is 0 Å². The Labute approximate surface area is 72.1 Å². The van der Waals surface area contributed by atoms with Gasteiger partial charge in [0.25, 0.3) is 0 Å². The highest BCUT2D eigenvalue weighted by molar-refractivity contribution is 5.29. The zero-order valence-corrected chi connectivity index (χ0v) is 6.91. The van der Waals surface area contributed by atoms with Crippen LogP contribution in [0.1, 0.15) is 0 Å². The van der Waals surface area contributed by atoms with Gasteiger partial charge in [-0.2, -0.15) is 9.69 Å². The Hall–Kier alpha value is -2.06. The zero-order valence-electron chi connectivity index (χ0n) is 6.91. The molecule has 9 heteroatoms. The summed E-state index contributed by atoms with van der Waals surface area (Å²) in [5.74, 6) is -0.547. The summed E-state index contributed by atoms with van der Waals surface area (Å²) in [6, 6.07) is 0. The minimum absolute atomic E-state index is 0.0155. The van der Waals surface area contributed by atoms with E-state index in [1.807, 2.05) is 0 Å². The Morgan fingerprint density at radius 1 is 1.69 bits per heavy atom. The molecule has 1 heterocycles. The van der Waals surface area contributed by atoms with Crippen molar-refractivity contribution in [3.8, 4) is 0 Å². The molecule has 0 saturated heterocycles. The summed E-state index contributed by atoms with van der Waals surface area (Å²) < 4.78 is 1.10. The number of hydrogen-bond donors (Lipinski definition) is 0. The highest BCUT2D eigenvalue weighted by atomic mass is 16.6. The van der Waals surface area contributed by atoms with Crippen LogP contribution in [0.15, 0.2) is 5.29 Å². The fourth-order valence-corrected chi connectivity index (χ4v) is 0.759. The topological polar surface area (TPSA) is 107 Å². The average Bonchev–Trinajstić information content (AvgIpc) is 2.46. The van der Waals surface area contributed by atoms with Crippen LogP contribution in [0.4, 0.5) is 11.9 Å². The first kappa shape index (κ1) is 9.03. The summed E-state index contributed by atoms with van der Waals surface area (Å²) in [6.45, 7) is 0.